The maximum Gasteiger partial charge on any atom is 0.326 e. The monoisotopic (exact) mass is 432 g/mol. The molecule has 0 aromatic heterocycles. The van der Waals surface area contributed by atoms with Gasteiger partial charge in [-0.3, -0.25) is 19.2 Å². The lowest BCUT2D eigenvalue weighted by Crippen LogP contribution is -2.36. The molecule has 0 atom stereocenters. The van der Waals surface area contributed by atoms with Gasteiger partial charge in [-0.1, -0.05) is 29.3 Å². The molecule has 0 saturated heterocycles. The third-order valence-corrected chi connectivity index (χ3v) is 5.67. The van der Waals surface area contributed by atoms with E-state index in [2.05, 4.69) is 0 Å². The summed E-state index contributed by atoms with van der Waals surface area (Å²) >= 11 is 12.0. The Hall–Kier alpha value is -2.36. The van der Waals surface area contributed by atoms with Crippen LogP contribution >= 0.6 is 23.2 Å². The van der Waals surface area contributed by atoms with E-state index in [1.165, 1.54) is 30.3 Å². The first-order valence-corrected chi connectivity index (χ1v) is 9.74. The molecule has 0 saturated carbocycles. The number of nitrogens with zero attached hydrogens (tertiary/aromatic N) is 2. The van der Waals surface area contributed by atoms with Crippen LogP contribution in [-0.2, 0) is 19.6 Å². The number of carbonyl (C=O) groups is 1. The Kier molecular flexibility index (Phi) is 6.63. The number of hydrogen-bond donors (Lipinski definition) is 0. The van der Waals surface area contributed by atoms with E-state index in [0.717, 1.165) is 16.4 Å². The SMILES string of the molecule is CCOC(=O)CN(c1ccc(Cl)cc1Cl)S(=O)(=O)c1cccc([N+](=O)[O-])c1. The Bertz CT molecular complexity index is 981. The Balaban J connectivity index is 2.59. The topological polar surface area (TPSA) is 107 Å². The second kappa shape index (κ2) is 8.55. The maximum absolute atomic E-state index is 13.1. The predicted molar refractivity (Wildman–Crippen MR) is 101 cm³/mol. The summed E-state index contributed by atoms with van der Waals surface area (Å²) in [4.78, 5) is 21.8. The fraction of sp³-hybridized carbons (Fsp3) is 0.188. The first kappa shape index (κ1) is 20.9. The second-order valence-corrected chi connectivity index (χ2v) is 7.87. The average Bonchev–Trinajstić information content (AvgIpc) is 2.60. The first-order valence-electron chi connectivity index (χ1n) is 7.54. The highest BCUT2D eigenvalue weighted by Crippen LogP contribution is 2.33. The highest BCUT2D eigenvalue weighted by Gasteiger charge is 2.30. The second-order valence-electron chi connectivity index (χ2n) is 5.17. The van der Waals surface area contributed by atoms with Gasteiger partial charge < -0.3 is 4.74 Å². The Morgan fingerprint density at radius 1 is 1.22 bits per heavy atom. The van der Waals surface area contributed by atoms with Gasteiger partial charge in [0.05, 0.1) is 27.1 Å². The predicted octanol–water partition coefficient (Wildman–Crippen LogP) is 3.66. The number of ether oxygens (including phenoxy) is 1. The maximum atomic E-state index is 13.1. The number of rotatable bonds is 7. The van der Waals surface area contributed by atoms with Gasteiger partial charge in [0.25, 0.3) is 15.7 Å². The molecule has 0 spiro atoms. The van der Waals surface area contributed by atoms with Crippen LogP contribution in [0.15, 0.2) is 47.4 Å². The molecule has 0 aliphatic rings. The number of benzene rings is 2. The molecule has 2 aromatic carbocycles. The third kappa shape index (κ3) is 4.88. The molecule has 0 radical (unpaired) electrons. The van der Waals surface area contributed by atoms with Crippen molar-refractivity contribution in [2.45, 2.75) is 11.8 Å². The van der Waals surface area contributed by atoms with E-state index >= 15 is 0 Å². The van der Waals surface area contributed by atoms with Crippen molar-refractivity contribution in [2.24, 2.45) is 0 Å². The number of sulfonamides is 1. The zero-order valence-electron chi connectivity index (χ0n) is 14.0. The van der Waals surface area contributed by atoms with Crippen LogP contribution in [0.3, 0.4) is 0 Å². The minimum Gasteiger partial charge on any atom is -0.465 e. The van der Waals surface area contributed by atoms with E-state index in [1.807, 2.05) is 0 Å². The fourth-order valence-corrected chi connectivity index (χ4v) is 4.22. The summed E-state index contributed by atoms with van der Waals surface area (Å²) in [5.41, 5.74) is -0.421. The number of esters is 1. The summed E-state index contributed by atoms with van der Waals surface area (Å²) in [6.07, 6.45) is 0. The van der Waals surface area contributed by atoms with Crippen molar-refractivity contribution >= 4 is 50.6 Å². The van der Waals surface area contributed by atoms with Crippen LogP contribution < -0.4 is 4.31 Å². The highest BCUT2D eigenvalue weighted by molar-refractivity contribution is 7.92. The molecule has 0 bridgehead atoms. The van der Waals surface area contributed by atoms with Crippen LogP contribution in [0.25, 0.3) is 0 Å². The van der Waals surface area contributed by atoms with Crippen LogP contribution in [-0.4, -0.2) is 32.5 Å². The molecular weight excluding hydrogens is 419 g/mol. The quantitative estimate of drug-likeness (QED) is 0.375. The first-order chi connectivity index (χ1) is 12.7. The molecule has 2 aromatic rings. The fourth-order valence-electron chi connectivity index (χ4n) is 2.19. The number of hydrogen-bond acceptors (Lipinski definition) is 6. The summed E-state index contributed by atoms with van der Waals surface area (Å²) in [7, 11) is -4.36. The van der Waals surface area contributed by atoms with Crippen molar-refractivity contribution in [3.8, 4) is 0 Å². The largest absolute Gasteiger partial charge is 0.465 e. The summed E-state index contributed by atoms with van der Waals surface area (Å²) in [6, 6.07) is 8.53. The molecule has 8 nitrogen and oxygen atoms in total. The van der Waals surface area contributed by atoms with Crippen molar-refractivity contribution in [1.82, 2.24) is 0 Å². The number of halogens is 2. The molecule has 0 fully saturated rings. The van der Waals surface area contributed by atoms with E-state index in [0.29, 0.717) is 0 Å². The molecule has 0 heterocycles. The number of nitro groups is 1. The lowest BCUT2D eigenvalue weighted by atomic mass is 10.3. The van der Waals surface area contributed by atoms with E-state index in [9.17, 15) is 23.3 Å². The minimum atomic E-state index is -4.36. The molecule has 144 valence electrons. The van der Waals surface area contributed by atoms with Crippen LogP contribution in [0.2, 0.25) is 10.0 Å². The van der Waals surface area contributed by atoms with Crippen molar-refractivity contribution in [3.63, 3.8) is 0 Å². The highest BCUT2D eigenvalue weighted by atomic mass is 35.5. The van der Waals surface area contributed by atoms with E-state index in [4.69, 9.17) is 27.9 Å². The summed E-state index contributed by atoms with van der Waals surface area (Å²) in [6.45, 7) is 0.963. The number of carbonyl (C=O) groups excluding carboxylic acids is 1. The zero-order chi connectivity index (χ0) is 20.2. The van der Waals surface area contributed by atoms with Crippen molar-refractivity contribution in [3.05, 3.63) is 62.6 Å². The summed E-state index contributed by atoms with van der Waals surface area (Å²) < 4.78 is 31.7. The van der Waals surface area contributed by atoms with Crippen LogP contribution in [0.5, 0.6) is 0 Å². The van der Waals surface area contributed by atoms with Gasteiger partial charge in [-0.2, -0.15) is 0 Å². The van der Waals surface area contributed by atoms with E-state index in [1.54, 1.807) is 6.92 Å². The number of anilines is 1. The lowest BCUT2D eigenvalue weighted by Gasteiger charge is -2.24. The molecule has 0 amide bonds. The summed E-state index contributed by atoms with van der Waals surface area (Å²) in [5, 5.41) is 11.2. The van der Waals surface area contributed by atoms with Crippen molar-refractivity contribution in [1.29, 1.82) is 0 Å². The van der Waals surface area contributed by atoms with Crippen LogP contribution in [0.1, 0.15) is 6.92 Å². The zero-order valence-corrected chi connectivity index (χ0v) is 16.3. The molecule has 0 aliphatic heterocycles. The van der Waals surface area contributed by atoms with Gasteiger partial charge in [0, 0.05) is 17.2 Å². The molecule has 2 rings (SSSR count). The standard InChI is InChI=1S/C16H14Cl2N2O6S/c1-2-26-16(21)10-19(15-7-6-11(17)8-14(15)18)27(24,25)13-5-3-4-12(9-13)20(22)23/h3-9H,2,10H2,1H3. The van der Waals surface area contributed by atoms with E-state index < -0.39 is 33.1 Å². The third-order valence-electron chi connectivity index (χ3n) is 3.37. The Morgan fingerprint density at radius 3 is 2.52 bits per heavy atom. The van der Waals surface area contributed by atoms with Gasteiger partial charge in [-0.05, 0) is 31.2 Å². The van der Waals surface area contributed by atoms with Crippen molar-refractivity contribution < 1.29 is 22.9 Å². The smallest absolute Gasteiger partial charge is 0.326 e. The lowest BCUT2D eigenvalue weighted by molar-refractivity contribution is -0.385. The van der Waals surface area contributed by atoms with Gasteiger partial charge in [-0.25, -0.2) is 8.42 Å². The number of nitro benzene ring substituents is 1. The average molecular weight is 433 g/mol. The van der Waals surface area contributed by atoms with E-state index in [-0.39, 0.29) is 27.2 Å². The molecule has 11 heteroatoms. The van der Waals surface area contributed by atoms with Gasteiger partial charge in [0.15, 0.2) is 0 Å². The molecular formula is C16H14Cl2N2O6S. The van der Waals surface area contributed by atoms with Gasteiger partial charge in [-0.15, -0.1) is 0 Å². The number of non-ortho nitro benzene ring substituents is 1. The van der Waals surface area contributed by atoms with Gasteiger partial charge in [0.1, 0.15) is 6.54 Å². The van der Waals surface area contributed by atoms with Crippen molar-refractivity contribution in [2.75, 3.05) is 17.5 Å². The van der Waals surface area contributed by atoms with Crippen LogP contribution in [0.4, 0.5) is 11.4 Å². The Labute approximate surface area is 165 Å². The van der Waals surface area contributed by atoms with Gasteiger partial charge in [0.2, 0.25) is 0 Å². The summed E-state index contributed by atoms with van der Waals surface area (Å²) in [5.74, 6) is -0.808. The molecule has 0 aliphatic carbocycles. The molecule has 0 N–H and O–H groups in total. The Morgan fingerprint density at radius 2 is 1.93 bits per heavy atom. The van der Waals surface area contributed by atoms with Crippen LogP contribution in [0, 0.1) is 10.1 Å². The molecule has 0 unspecified atom stereocenters. The normalized spacial score (nSPS) is 11.1. The molecule has 27 heavy (non-hydrogen) atoms. The minimum absolute atomic E-state index is 0.0131. The van der Waals surface area contributed by atoms with Gasteiger partial charge >= 0.3 is 5.97 Å².